The molecule has 0 aliphatic carbocycles. The zero-order valence-electron chi connectivity index (χ0n) is 76.9. The number of benzene rings is 4. The average Bonchev–Trinajstić information content (AvgIpc) is 1.81. The zero-order valence-corrected chi connectivity index (χ0v) is 76.9. The van der Waals surface area contributed by atoms with Gasteiger partial charge in [0.25, 0.3) is 0 Å². The first-order chi connectivity index (χ1) is 61.7. The van der Waals surface area contributed by atoms with Gasteiger partial charge in [-0.25, -0.2) is 9.36 Å². The van der Waals surface area contributed by atoms with Gasteiger partial charge in [-0.2, -0.15) is 0 Å². The average molecular weight is 1770 g/mol. The van der Waals surface area contributed by atoms with E-state index >= 15 is 0 Å². The maximum atomic E-state index is 11.9. The summed E-state index contributed by atoms with van der Waals surface area (Å²) < 4.78 is 115. The number of hydrogen-bond donors (Lipinski definition) is 0. The van der Waals surface area contributed by atoms with Crippen LogP contribution in [0.15, 0.2) is 73.3 Å². The Kier molecular flexibility index (Phi) is 47.5. The van der Waals surface area contributed by atoms with E-state index in [1.54, 1.807) is 9.36 Å². The Labute approximate surface area is 750 Å². The second kappa shape index (κ2) is 58.8. The molecule has 127 heavy (non-hydrogen) atoms. The Bertz CT molecular complexity index is 4270. The van der Waals surface area contributed by atoms with Crippen LogP contribution in [-0.2, 0) is 144 Å². The standard InChI is InChI=1S/C89H132B4N12O22/c1-65-45-73(53-90)49-81(85(65)124-69(5)106)120-31-9-17-77-57-102(98-94-77)21-13-25-110-37-39-112-27-15-29-116-61-89(63-118-43-41-114-35-23-104-59-79(96-100-104)19-11-33-122-83-51-75(55-92)47-67(3)87(83)126-71(7)108,64-119-44-42-115-36-24-105-60-80(97-101-105)20-12-34-123-84-52-76(56-93)48-68(4)88(84)127-72(8)109)62-117-30-16-28-113-40-38-111-26-14-22-103-58-78(95-99-103)18-10-32-121-82-50-74(54-91)46-66(2)86(82)125-70(6)107/h45-52,57-60H,9-44,53-56,61-64,90-93H2,1-8H3. The molecule has 692 valence electrons. The highest BCUT2D eigenvalue weighted by atomic mass is 16.6. The number of aromatic nitrogens is 12. The summed E-state index contributed by atoms with van der Waals surface area (Å²) in [5.74, 6) is 2.44. The minimum atomic E-state index is -0.745. The third kappa shape index (κ3) is 39.5. The number of ether oxygens (including phenoxy) is 18. The number of rotatable bonds is 70. The monoisotopic (exact) mass is 1760 g/mol. The summed E-state index contributed by atoms with van der Waals surface area (Å²) in [5, 5.41) is 34.8. The molecule has 4 heterocycles. The van der Waals surface area contributed by atoms with E-state index in [9.17, 15) is 19.2 Å². The normalized spacial score (nSPS) is 11.5. The number of aryl methyl sites for hydroxylation is 10. The number of hydrogen-bond acceptors (Lipinski definition) is 30. The molecule has 0 amide bonds. The van der Waals surface area contributed by atoms with E-state index in [1.807, 2.05) is 110 Å². The van der Waals surface area contributed by atoms with E-state index in [2.05, 4.69) is 72.6 Å². The van der Waals surface area contributed by atoms with Gasteiger partial charge in [0, 0.05) is 105 Å². The van der Waals surface area contributed by atoms with Gasteiger partial charge in [-0.1, -0.05) is 92.7 Å². The van der Waals surface area contributed by atoms with E-state index < -0.39 is 29.3 Å². The fourth-order valence-electron chi connectivity index (χ4n) is 13.6. The molecule has 0 radical (unpaired) electrons. The van der Waals surface area contributed by atoms with Crippen LogP contribution in [0.2, 0.25) is 0 Å². The van der Waals surface area contributed by atoms with Crippen LogP contribution in [-0.4, -0.2) is 274 Å². The first-order valence-corrected chi connectivity index (χ1v) is 44.8. The molecule has 4 aromatic heterocycles. The maximum absolute atomic E-state index is 11.9. The predicted octanol–water partition coefficient (Wildman–Crippen LogP) is 6.38. The lowest BCUT2D eigenvalue weighted by molar-refractivity contribution is -0.133. The van der Waals surface area contributed by atoms with Crippen molar-refractivity contribution in [3.63, 3.8) is 0 Å². The molecular formula is C89H132B4N12O22. The topological polar surface area (TPSA) is 357 Å². The van der Waals surface area contributed by atoms with Crippen molar-refractivity contribution in [3.8, 4) is 46.0 Å². The molecule has 38 heteroatoms. The van der Waals surface area contributed by atoms with Crippen molar-refractivity contribution >= 4 is 55.3 Å². The number of nitrogens with zero attached hydrogens (tertiary/aromatic N) is 12. The lowest BCUT2D eigenvalue weighted by atomic mass is 9.92. The molecule has 0 saturated heterocycles. The minimum absolute atomic E-state index is 0.236. The van der Waals surface area contributed by atoms with E-state index in [0.29, 0.717) is 255 Å². The van der Waals surface area contributed by atoms with Crippen LogP contribution < -0.4 is 37.9 Å². The highest BCUT2D eigenvalue weighted by Crippen LogP contribution is 2.37. The molecule has 0 atom stereocenters. The van der Waals surface area contributed by atoms with Crippen LogP contribution in [0.1, 0.15) is 146 Å². The van der Waals surface area contributed by atoms with Gasteiger partial charge in [-0.05, 0) is 151 Å². The van der Waals surface area contributed by atoms with Gasteiger partial charge in [0.15, 0.2) is 46.0 Å². The fraction of sp³-hybridized carbons (Fsp3) is 0.596. The van der Waals surface area contributed by atoms with Crippen molar-refractivity contribution in [2.45, 2.75) is 184 Å². The summed E-state index contributed by atoms with van der Waals surface area (Å²) in [6.45, 7) is 24.6. The third-order valence-corrected chi connectivity index (χ3v) is 20.1. The fourth-order valence-corrected chi connectivity index (χ4v) is 13.6. The van der Waals surface area contributed by atoms with Crippen LogP contribution in [0.5, 0.6) is 46.0 Å². The Balaban J connectivity index is 0.784. The molecular weight excluding hydrogens is 1630 g/mol. The van der Waals surface area contributed by atoms with Crippen LogP contribution in [0.4, 0.5) is 0 Å². The van der Waals surface area contributed by atoms with Crippen LogP contribution in [0, 0.1) is 33.1 Å². The highest BCUT2D eigenvalue weighted by molar-refractivity contribution is 6.09. The molecule has 0 bridgehead atoms. The van der Waals surface area contributed by atoms with E-state index in [1.165, 1.54) is 27.7 Å². The second-order valence-corrected chi connectivity index (χ2v) is 31.2. The largest absolute Gasteiger partial charge is 0.490 e. The Hall–Kier alpha value is -9.62. The van der Waals surface area contributed by atoms with Crippen molar-refractivity contribution < 1.29 is 104 Å². The van der Waals surface area contributed by atoms with Gasteiger partial charge in [0.05, 0.1) is 160 Å². The molecule has 8 aromatic rings. The molecule has 0 aliphatic rings. The highest BCUT2D eigenvalue weighted by Gasteiger charge is 2.33. The quantitative estimate of drug-likeness (QED) is 0.0173. The SMILES string of the molecule is BCc1cc(C)c(OC(C)=O)c(OCCCc2cn(CCCOCCOCCCOCC(COCCCOCCOCCCn3cc(CCCOc4cc(CB)cc(C)c4OC(C)=O)nn3)(COCCOCCn3cc(CCCOc4cc(CB)cc(C)c4OC(C)=O)nn3)COCCOCCn3cc(CCCOc4cc(CB)cc(C)c4OC(C)=O)nn3)nn2)c1. The third-order valence-electron chi connectivity index (χ3n) is 20.1. The van der Waals surface area contributed by atoms with Gasteiger partial charge >= 0.3 is 23.9 Å². The van der Waals surface area contributed by atoms with Gasteiger partial charge in [-0.15, -0.1) is 20.4 Å². The first kappa shape index (κ1) is 103. The van der Waals surface area contributed by atoms with E-state index in [-0.39, 0.29) is 39.6 Å². The van der Waals surface area contributed by atoms with Crippen LogP contribution >= 0.6 is 0 Å². The molecule has 0 unspecified atom stereocenters. The number of carbonyl (C=O) groups excluding carboxylic acids is 4. The van der Waals surface area contributed by atoms with Crippen molar-refractivity contribution in [1.29, 1.82) is 0 Å². The summed E-state index contributed by atoms with van der Waals surface area (Å²) >= 11 is 0. The molecule has 34 nitrogen and oxygen atoms in total. The summed E-state index contributed by atoms with van der Waals surface area (Å²) in [4.78, 5) is 47.4. The second-order valence-electron chi connectivity index (χ2n) is 31.2. The maximum Gasteiger partial charge on any atom is 0.308 e. The van der Waals surface area contributed by atoms with Crippen LogP contribution in [0.25, 0.3) is 0 Å². The van der Waals surface area contributed by atoms with Crippen LogP contribution in [0.3, 0.4) is 0 Å². The first-order valence-electron chi connectivity index (χ1n) is 44.8. The molecule has 0 aliphatic heterocycles. The lowest BCUT2D eigenvalue weighted by Crippen LogP contribution is -2.42. The lowest BCUT2D eigenvalue weighted by Gasteiger charge is -2.33. The molecule has 0 spiro atoms. The minimum Gasteiger partial charge on any atom is -0.490 e. The summed E-state index contributed by atoms with van der Waals surface area (Å²) in [6.07, 6.45) is 19.2. The Morgan fingerprint density at radius 1 is 0.283 bits per heavy atom. The summed E-state index contributed by atoms with van der Waals surface area (Å²) in [5.41, 5.74) is 10.4. The summed E-state index contributed by atoms with van der Waals surface area (Å²) in [7, 11) is 8.29. The molecule has 0 saturated carbocycles. The van der Waals surface area contributed by atoms with Crippen molar-refractivity contribution in [2.75, 3.05) is 159 Å². The van der Waals surface area contributed by atoms with Crippen molar-refractivity contribution in [1.82, 2.24) is 60.0 Å². The Morgan fingerprint density at radius 3 is 0.772 bits per heavy atom. The Morgan fingerprint density at radius 2 is 0.512 bits per heavy atom. The van der Waals surface area contributed by atoms with Gasteiger partial charge in [0.1, 0.15) is 31.4 Å². The van der Waals surface area contributed by atoms with E-state index in [4.69, 9.17) is 85.3 Å². The summed E-state index contributed by atoms with van der Waals surface area (Å²) in [6, 6.07) is 15.7. The van der Waals surface area contributed by atoms with Gasteiger partial charge in [0.2, 0.25) is 0 Å². The number of carbonyl (C=O) groups is 4. The van der Waals surface area contributed by atoms with Crippen molar-refractivity contribution in [3.05, 3.63) is 141 Å². The number of esters is 4. The molecule has 4 aromatic carbocycles. The van der Waals surface area contributed by atoms with E-state index in [0.717, 1.165) is 105 Å². The van der Waals surface area contributed by atoms with Gasteiger partial charge < -0.3 is 85.3 Å². The smallest absolute Gasteiger partial charge is 0.308 e. The van der Waals surface area contributed by atoms with Gasteiger partial charge in [-0.3, -0.25) is 28.5 Å². The molecule has 0 N–H and O–H groups in total. The zero-order chi connectivity index (χ0) is 90.6. The van der Waals surface area contributed by atoms with Crippen molar-refractivity contribution in [2.24, 2.45) is 5.41 Å². The predicted molar refractivity (Wildman–Crippen MR) is 483 cm³/mol. The molecule has 0 fully saturated rings. The molecule has 8 rings (SSSR count).